The third-order valence-electron chi connectivity index (χ3n) is 7.68. The largest absolute Gasteiger partial charge is 0.470 e. The second-order valence-corrected chi connectivity index (χ2v) is 9.45. The number of hydrogen-bond acceptors (Lipinski definition) is 5. The molecule has 7 rings (SSSR count). The summed E-state index contributed by atoms with van der Waals surface area (Å²) < 4.78 is 5.44. The minimum atomic E-state index is -0.427. The van der Waals surface area contributed by atoms with Gasteiger partial charge in [0.25, 0.3) is 0 Å². The zero-order valence-electron chi connectivity index (χ0n) is 15.6. The van der Waals surface area contributed by atoms with Gasteiger partial charge in [-0.1, -0.05) is 6.42 Å². The van der Waals surface area contributed by atoms with Crippen molar-refractivity contribution in [1.29, 1.82) is 0 Å². The van der Waals surface area contributed by atoms with Crippen molar-refractivity contribution < 1.29 is 9.52 Å². The van der Waals surface area contributed by atoms with Crippen molar-refractivity contribution in [2.24, 2.45) is 17.8 Å². The van der Waals surface area contributed by atoms with Crippen molar-refractivity contribution >= 4 is 11.6 Å². The molecule has 4 bridgehead atoms. The quantitative estimate of drug-likeness (QED) is 0.869. The summed E-state index contributed by atoms with van der Waals surface area (Å²) in [4.78, 5) is 12.0. The van der Waals surface area contributed by atoms with Crippen molar-refractivity contribution in [3.63, 3.8) is 0 Å². The predicted molar refractivity (Wildman–Crippen MR) is 102 cm³/mol. The number of aromatic nitrogens is 2. The minimum Gasteiger partial charge on any atom is -0.470 e. The first-order chi connectivity index (χ1) is 13.2. The van der Waals surface area contributed by atoms with E-state index in [0.29, 0.717) is 29.7 Å². The van der Waals surface area contributed by atoms with Gasteiger partial charge < -0.3 is 14.4 Å². The van der Waals surface area contributed by atoms with E-state index in [4.69, 9.17) is 14.4 Å². The summed E-state index contributed by atoms with van der Waals surface area (Å²) in [7, 11) is 0. The number of aliphatic hydroxyl groups is 1. The Morgan fingerprint density at radius 3 is 2.56 bits per heavy atom. The van der Waals surface area contributed by atoms with Crippen LogP contribution >= 0.6 is 0 Å². The molecule has 0 spiro atoms. The predicted octanol–water partition coefficient (Wildman–Crippen LogP) is 4.41. The van der Waals surface area contributed by atoms with E-state index >= 15 is 0 Å². The maximum Gasteiger partial charge on any atom is 0.230 e. The fourth-order valence-electron chi connectivity index (χ4n) is 6.60. The van der Waals surface area contributed by atoms with Gasteiger partial charge >= 0.3 is 0 Å². The van der Waals surface area contributed by atoms with Crippen LogP contribution in [0.2, 0.25) is 0 Å². The van der Waals surface area contributed by atoms with E-state index < -0.39 is 5.60 Å². The van der Waals surface area contributed by atoms with Crippen LogP contribution in [0.15, 0.2) is 35.3 Å². The third kappa shape index (κ3) is 2.54. The van der Waals surface area contributed by atoms with E-state index in [2.05, 4.69) is 11.0 Å². The highest BCUT2D eigenvalue weighted by molar-refractivity contribution is 5.57. The fraction of sp³-hybridized carbons (Fsp3) is 0.636. The van der Waals surface area contributed by atoms with Crippen LogP contribution in [0.4, 0.5) is 11.6 Å². The van der Waals surface area contributed by atoms with Crippen LogP contribution in [0, 0.1) is 17.8 Å². The zero-order valence-corrected chi connectivity index (χ0v) is 15.6. The van der Waals surface area contributed by atoms with Gasteiger partial charge in [0, 0.05) is 29.9 Å². The molecule has 5 nitrogen and oxygen atoms in total. The lowest BCUT2D eigenvalue weighted by molar-refractivity contribution is -0.132. The summed E-state index contributed by atoms with van der Waals surface area (Å²) >= 11 is 0. The molecule has 0 radical (unpaired) electrons. The van der Waals surface area contributed by atoms with Crippen LogP contribution in [0.5, 0.6) is 0 Å². The van der Waals surface area contributed by atoms with Crippen molar-refractivity contribution in [3.8, 4) is 0 Å². The van der Waals surface area contributed by atoms with Crippen LogP contribution < -0.4 is 4.90 Å². The molecule has 0 saturated heterocycles. The SMILES string of the molecule is OC12CC3CC(C1)C(N(c1ccoc1)c1nccc(C4CCC4)n1)C(C3)C2. The van der Waals surface area contributed by atoms with Crippen LogP contribution in [0.1, 0.15) is 63.0 Å². The molecule has 5 fully saturated rings. The normalized spacial score (nSPS) is 37.4. The molecule has 0 aliphatic heterocycles. The Hall–Kier alpha value is -1.88. The highest BCUT2D eigenvalue weighted by Crippen LogP contribution is 2.58. The third-order valence-corrected chi connectivity index (χ3v) is 7.68. The molecule has 27 heavy (non-hydrogen) atoms. The second-order valence-electron chi connectivity index (χ2n) is 9.45. The van der Waals surface area contributed by atoms with E-state index in [1.807, 2.05) is 18.5 Å². The van der Waals surface area contributed by atoms with Gasteiger partial charge in [0.05, 0.1) is 17.6 Å². The van der Waals surface area contributed by atoms with Crippen LogP contribution in [0.3, 0.4) is 0 Å². The number of hydrogen-bond donors (Lipinski definition) is 1. The Labute approximate surface area is 159 Å². The fourth-order valence-corrected chi connectivity index (χ4v) is 6.60. The number of nitrogens with zero attached hydrogens (tertiary/aromatic N) is 3. The van der Waals surface area contributed by atoms with Gasteiger partial charge in [0.15, 0.2) is 0 Å². The number of furan rings is 1. The minimum absolute atomic E-state index is 0.357. The van der Waals surface area contributed by atoms with Gasteiger partial charge in [0.2, 0.25) is 5.95 Å². The van der Waals surface area contributed by atoms with Crippen molar-refractivity contribution in [1.82, 2.24) is 9.97 Å². The van der Waals surface area contributed by atoms with Gasteiger partial charge in [0.1, 0.15) is 6.26 Å². The molecular weight excluding hydrogens is 338 g/mol. The molecule has 142 valence electrons. The summed E-state index contributed by atoms with van der Waals surface area (Å²) in [6.07, 6.45) is 14.6. The molecule has 5 saturated carbocycles. The standard InChI is InChI=1S/C22H27N3O2/c26-22-10-14-8-16(11-22)20(17(9-14)12-22)25(18-5-7-27-13-18)21-23-6-4-19(24-21)15-2-1-3-15/h4-7,13-17,20,26H,1-3,8-12H2. The van der Waals surface area contributed by atoms with Crippen LogP contribution in [-0.4, -0.2) is 26.7 Å². The molecule has 1 N–H and O–H groups in total. The molecule has 2 atom stereocenters. The molecule has 2 heterocycles. The Kier molecular flexibility index (Phi) is 3.46. The molecule has 2 unspecified atom stereocenters. The zero-order chi connectivity index (χ0) is 18.0. The summed E-state index contributed by atoms with van der Waals surface area (Å²) in [5.74, 6) is 3.11. The number of rotatable bonds is 4. The van der Waals surface area contributed by atoms with E-state index in [9.17, 15) is 5.11 Å². The number of anilines is 2. The lowest BCUT2D eigenvalue weighted by Gasteiger charge is -2.60. The monoisotopic (exact) mass is 365 g/mol. The van der Waals surface area contributed by atoms with E-state index in [1.54, 1.807) is 6.26 Å². The molecule has 5 aliphatic rings. The van der Waals surface area contributed by atoms with Gasteiger partial charge in [-0.3, -0.25) is 0 Å². The van der Waals surface area contributed by atoms with Crippen LogP contribution in [-0.2, 0) is 0 Å². The highest BCUT2D eigenvalue weighted by Gasteiger charge is 2.56. The van der Waals surface area contributed by atoms with Crippen LogP contribution in [0.25, 0.3) is 0 Å². The Balaban J connectivity index is 1.41. The van der Waals surface area contributed by atoms with Gasteiger partial charge in [-0.05, 0) is 68.8 Å². The average molecular weight is 365 g/mol. The maximum atomic E-state index is 11.0. The van der Waals surface area contributed by atoms with Gasteiger partial charge in [-0.15, -0.1) is 0 Å². The maximum absolute atomic E-state index is 11.0. The Bertz CT molecular complexity index is 816. The highest BCUT2D eigenvalue weighted by atomic mass is 16.3. The molecule has 5 heteroatoms. The van der Waals surface area contributed by atoms with E-state index in [0.717, 1.165) is 30.9 Å². The van der Waals surface area contributed by atoms with Crippen molar-refractivity contribution in [3.05, 3.63) is 36.5 Å². The summed E-state index contributed by atoms with van der Waals surface area (Å²) in [6.45, 7) is 0. The summed E-state index contributed by atoms with van der Waals surface area (Å²) in [5.41, 5.74) is 1.80. The summed E-state index contributed by atoms with van der Waals surface area (Å²) in [6, 6.07) is 4.47. The lowest BCUT2D eigenvalue weighted by atomic mass is 9.52. The first-order valence-corrected chi connectivity index (χ1v) is 10.6. The lowest BCUT2D eigenvalue weighted by Crippen LogP contribution is -2.61. The smallest absolute Gasteiger partial charge is 0.230 e. The molecular formula is C22H27N3O2. The van der Waals surface area contributed by atoms with Gasteiger partial charge in [-0.25, -0.2) is 9.97 Å². The molecule has 0 amide bonds. The van der Waals surface area contributed by atoms with Gasteiger partial charge in [-0.2, -0.15) is 0 Å². The Morgan fingerprint density at radius 2 is 1.93 bits per heavy atom. The van der Waals surface area contributed by atoms with Crippen molar-refractivity contribution in [2.75, 3.05) is 4.90 Å². The van der Waals surface area contributed by atoms with Crippen molar-refractivity contribution in [2.45, 2.75) is 68.9 Å². The molecule has 2 aromatic heterocycles. The first kappa shape index (κ1) is 16.1. The van der Waals surface area contributed by atoms with E-state index in [-0.39, 0.29) is 0 Å². The second kappa shape index (κ2) is 5.81. The summed E-state index contributed by atoms with van der Waals surface area (Å²) in [5, 5.41) is 11.0. The topological polar surface area (TPSA) is 62.4 Å². The first-order valence-electron chi connectivity index (χ1n) is 10.6. The average Bonchev–Trinajstić information content (AvgIpc) is 3.09. The molecule has 5 aliphatic carbocycles. The molecule has 0 aromatic carbocycles. The van der Waals surface area contributed by atoms with E-state index in [1.165, 1.54) is 37.8 Å². The Morgan fingerprint density at radius 1 is 1.11 bits per heavy atom. The molecule has 2 aromatic rings.